The minimum Gasteiger partial charge on any atom is -0.493 e. The number of rotatable bonds is 7. The Labute approximate surface area is 147 Å². The summed E-state index contributed by atoms with van der Waals surface area (Å²) in [6, 6.07) is 3.16. The summed E-state index contributed by atoms with van der Waals surface area (Å²) in [5.41, 5.74) is 0.218. The first-order valence-electron chi connectivity index (χ1n) is 8.31. The number of esters is 1. The van der Waals surface area contributed by atoms with Crippen LogP contribution < -0.4 is 19.5 Å². The van der Waals surface area contributed by atoms with Crippen LogP contribution in [-0.4, -0.2) is 45.4 Å². The second kappa shape index (κ2) is 8.60. The van der Waals surface area contributed by atoms with Gasteiger partial charge in [-0.3, -0.25) is 4.79 Å². The summed E-state index contributed by atoms with van der Waals surface area (Å²) >= 11 is 0. The first-order valence-corrected chi connectivity index (χ1v) is 8.31. The maximum Gasteiger partial charge on any atom is 0.339 e. The quantitative estimate of drug-likeness (QED) is 0.759. The summed E-state index contributed by atoms with van der Waals surface area (Å²) in [6.07, 6.45) is 3.29. The summed E-state index contributed by atoms with van der Waals surface area (Å²) in [5.74, 6) is 0.156. The van der Waals surface area contributed by atoms with Crippen molar-refractivity contribution in [3.63, 3.8) is 0 Å². The molecule has 7 nitrogen and oxygen atoms in total. The minimum absolute atomic E-state index is 0.176. The fraction of sp³-hybridized carbons (Fsp3) is 0.556. The lowest BCUT2D eigenvalue weighted by Gasteiger charge is -2.18. The van der Waals surface area contributed by atoms with Crippen LogP contribution in [0.5, 0.6) is 17.2 Å². The van der Waals surface area contributed by atoms with E-state index in [0.717, 1.165) is 25.7 Å². The van der Waals surface area contributed by atoms with E-state index >= 15 is 0 Å². The molecule has 0 aromatic heterocycles. The molecule has 1 aliphatic carbocycles. The van der Waals surface area contributed by atoms with Crippen LogP contribution in [0.25, 0.3) is 0 Å². The van der Waals surface area contributed by atoms with Crippen LogP contribution in [0.3, 0.4) is 0 Å². The molecule has 1 saturated carbocycles. The third kappa shape index (κ3) is 4.55. The summed E-state index contributed by atoms with van der Waals surface area (Å²) in [6.45, 7) is 1.56. The van der Waals surface area contributed by atoms with Gasteiger partial charge >= 0.3 is 5.97 Å². The molecule has 1 aromatic carbocycles. The largest absolute Gasteiger partial charge is 0.493 e. The van der Waals surface area contributed by atoms with E-state index in [-0.39, 0.29) is 17.5 Å². The lowest BCUT2D eigenvalue weighted by molar-refractivity contribution is -0.129. The number of carbonyl (C=O) groups excluding carboxylic acids is 2. The first kappa shape index (κ1) is 18.9. The van der Waals surface area contributed by atoms with Crippen LogP contribution in [0.4, 0.5) is 0 Å². The molecular formula is C18H25NO6. The summed E-state index contributed by atoms with van der Waals surface area (Å²) < 4.78 is 20.9. The van der Waals surface area contributed by atoms with Gasteiger partial charge in [-0.15, -0.1) is 0 Å². The number of ether oxygens (including phenoxy) is 4. The van der Waals surface area contributed by atoms with Gasteiger partial charge in [0.05, 0.1) is 26.9 Å². The molecule has 1 aromatic rings. The van der Waals surface area contributed by atoms with Gasteiger partial charge in [-0.05, 0) is 31.9 Å². The van der Waals surface area contributed by atoms with Gasteiger partial charge in [0, 0.05) is 6.04 Å². The van der Waals surface area contributed by atoms with E-state index in [1.54, 1.807) is 6.92 Å². The molecule has 0 bridgehead atoms. The molecule has 0 unspecified atom stereocenters. The Hall–Kier alpha value is -2.44. The van der Waals surface area contributed by atoms with E-state index in [0.29, 0.717) is 17.2 Å². The Morgan fingerprint density at radius 2 is 1.60 bits per heavy atom. The molecule has 7 heteroatoms. The topological polar surface area (TPSA) is 83.1 Å². The van der Waals surface area contributed by atoms with E-state index in [2.05, 4.69) is 5.32 Å². The van der Waals surface area contributed by atoms with Gasteiger partial charge in [0.2, 0.25) is 5.75 Å². The number of amides is 1. The average molecular weight is 351 g/mol. The molecule has 1 atom stereocenters. The van der Waals surface area contributed by atoms with Crippen molar-refractivity contribution in [3.05, 3.63) is 17.7 Å². The van der Waals surface area contributed by atoms with E-state index in [1.807, 2.05) is 0 Å². The Bertz CT molecular complexity index is 599. The second-order valence-electron chi connectivity index (χ2n) is 5.95. The van der Waals surface area contributed by atoms with Gasteiger partial charge in [0.1, 0.15) is 0 Å². The zero-order valence-electron chi connectivity index (χ0n) is 15.1. The molecule has 25 heavy (non-hydrogen) atoms. The van der Waals surface area contributed by atoms with E-state index in [1.165, 1.54) is 33.5 Å². The highest BCUT2D eigenvalue weighted by molar-refractivity contribution is 5.93. The molecule has 1 N–H and O–H groups in total. The van der Waals surface area contributed by atoms with E-state index in [9.17, 15) is 9.59 Å². The van der Waals surface area contributed by atoms with Crippen LogP contribution in [-0.2, 0) is 9.53 Å². The van der Waals surface area contributed by atoms with Crippen molar-refractivity contribution in [2.75, 3.05) is 21.3 Å². The zero-order valence-corrected chi connectivity index (χ0v) is 15.1. The van der Waals surface area contributed by atoms with Crippen molar-refractivity contribution in [1.29, 1.82) is 0 Å². The number of benzene rings is 1. The monoisotopic (exact) mass is 351 g/mol. The zero-order chi connectivity index (χ0) is 18.4. The van der Waals surface area contributed by atoms with Crippen molar-refractivity contribution in [2.45, 2.75) is 44.8 Å². The second-order valence-corrected chi connectivity index (χ2v) is 5.95. The predicted octanol–water partition coefficient (Wildman–Crippen LogP) is 2.32. The summed E-state index contributed by atoms with van der Waals surface area (Å²) in [4.78, 5) is 24.5. The number of nitrogens with one attached hydrogen (secondary N) is 1. The lowest BCUT2D eigenvalue weighted by atomic mass is 10.1. The van der Waals surface area contributed by atoms with Crippen LogP contribution in [0.15, 0.2) is 12.1 Å². The minimum atomic E-state index is -0.882. The molecule has 1 amide bonds. The average Bonchev–Trinajstić information content (AvgIpc) is 3.12. The molecule has 0 heterocycles. The Balaban J connectivity index is 2.07. The van der Waals surface area contributed by atoms with Crippen LogP contribution in [0.1, 0.15) is 43.0 Å². The molecular weight excluding hydrogens is 326 g/mol. The van der Waals surface area contributed by atoms with E-state index < -0.39 is 12.1 Å². The van der Waals surface area contributed by atoms with Crippen molar-refractivity contribution in [1.82, 2.24) is 5.32 Å². The van der Waals surface area contributed by atoms with Gasteiger partial charge in [-0.1, -0.05) is 12.8 Å². The molecule has 138 valence electrons. The lowest BCUT2D eigenvalue weighted by Crippen LogP contribution is -2.40. The van der Waals surface area contributed by atoms with Crippen molar-refractivity contribution in [2.24, 2.45) is 0 Å². The van der Waals surface area contributed by atoms with Crippen molar-refractivity contribution in [3.8, 4) is 17.2 Å². The molecule has 1 aliphatic rings. The van der Waals surface area contributed by atoms with Gasteiger partial charge in [-0.2, -0.15) is 0 Å². The summed E-state index contributed by atoms with van der Waals surface area (Å²) in [5, 5.41) is 2.91. The van der Waals surface area contributed by atoms with Gasteiger partial charge in [0.25, 0.3) is 5.91 Å². The standard InChI is InChI=1S/C18H25NO6/c1-11(17(20)19-13-7-5-6-8-13)25-18(21)12-9-14(22-2)16(24-4)15(10-12)23-3/h9-11,13H,5-8H2,1-4H3,(H,19,20)/t11-/m1/s1. The summed E-state index contributed by atoms with van der Waals surface area (Å²) in [7, 11) is 4.40. The molecule has 0 spiro atoms. The van der Waals surface area contributed by atoms with Gasteiger partial charge in [0.15, 0.2) is 17.6 Å². The van der Waals surface area contributed by atoms with Crippen LogP contribution in [0.2, 0.25) is 0 Å². The van der Waals surface area contributed by atoms with Gasteiger partial charge in [-0.25, -0.2) is 4.79 Å². The third-order valence-corrected chi connectivity index (χ3v) is 4.26. The number of hydrogen-bond donors (Lipinski definition) is 1. The maximum absolute atomic E-state index is 12.4. The molecule has 0 radical (unpaired) electrons. The fourth-order valence-corrected chi connectivity index (χ4v) is 2.87. The van der Waals surface area contributed by atoms with Gasteiger partial charge < -0.3 is 24.3 Å². The Kier molecular flexibility index (Phi) is 6.50. The molecule has 0 aliphatic heterocycles. The Morgan fingerprint density at radius 3 is 2.08 bits per heavy atom. The number of carbonyl (C=O) groups is 2. The maximum atomic E-state index is 12.4. The smallest absolute Gasteiger partial charge is 0.339 e. The van der Waals surface area contributed by atoms with Crippen LogP contribution in [0, 0.1) is 0 Å². The first-order chi connectivity index (χ1) is 12.0. The highest BCUT2D eigenvalue weighted by Gasteiger charge is 2.25. The molecule has 1 fully saturated rings. The Morgan fingerprint density at radius 1 is 1.04 bits per heavy atom. The van der Waals surface area contributed by atoms with Crippen LogP contribution >= 0.6 is 0 Å². The molecule has 2 rings (SSSR count). The SMILES string of the molecule is COc1cc(C(=O)O[C@H](C)C(=O)NC2CCCC2)cc(OC)c1OC. The molecule has 0 saturated heterocycles. The predicted molar refractivity (Wildman–Crippen MR) is 91.4 cm³/mol. The number of hydrogen-bond acceptors (Lipinski definition) is 6. The van der Waals surface area contributed by atoms with E-state index in [4.69, 9.17) is 18.9 Å². The van der Waals surface area contributed by atoms with Crippen molar-refractivity contribution < 1.29 is 28.5 Å². The van der Waals surface area contributed by atoms with Crippen molar-refractivity contribution >= 4 is 11.9 Å². The fourth-order valence-electron chi connectivity index (χ4n) is 2.87. The third-order valence-electron chi connectivity index (χ3n) is 4.26. The highest BCUT2D eigenvalue weighted by Crippen LogP contribution is 2.38. The highest BCUT2D eigenvalue weighted by atomic mass is 16.5. The normalized spacial score (nSPS) is 15.4. The number of methoxy groups -OCH3 is 3.